The Morgan fingerprint density at radius 2 is 1.91 bits per heavy atom. The van der Waals surface area contributed by atoms with E-state index in [2.05, 4.69) is 15.2 Å². The molecule has 1 fully saturated rings. The maximum atomic E-state index is 12.0. The summed E-state index contributed by atoms with van der Waals surface area (Å²) >= 11 is 11.7. The van der Waals surface area contributed by atoms with E-state index in [1.165, 1.54) is 6.42 Å². The quantitative estimate of drug-likeness (QED) is 0.307. The van der Waals surface area contributed by atoms with Crippen LogP contribution in [0.5, 0.6) is 0 Å². The van der Waals surface area contributed by atoms with Crippen molar-refractivity contribution >= 4 is 59.0 Å². The minimum atomic E-state index is -0.203. The molecule has 1 heterocycles. The Kier molecular flexibility index (Phi) is 9.01. The molecule has 0 spiro atoms. The number of guanidine groups is 1. The van der Waals surface area contributed by atoms with Gasteiger partial charge in [-0.2, -0.15) is 0 Å². The van der Waals surface area contributed by atoms with Gasteiger partial charge in [-0.25, -0.2) is 0 Å². The summed E-state index contributed by atoms with van der Waals surface area (Å²) in [5, 5.41) is 3.57. The molecule has 0 atom stereocenters. The minimum absolute atomic E-state index is 0. The number of nitrogens with two attached hydrogens (primary N) is 1. The highest BCUT2D eigenvalue weighted by Gasteiger charge is 2.11. The molecule has 0 aliphatic carbocycles. The lowest BCUT2D eigenvalue weighted by Gasteiger charge is -2.27. The molecule has 1 saturated heterocycles. The van der Waals surface area contributed by atoms with Crippen LogP contribution < -0.4 is 11.1 Å². The molecule has 1 amide bonds. The third kappa shape index (κ3) is 6.35. The number of hydrogen-bond donors (Lipinski definition) is 2. The number of likely N-dealkylation sites (tertiary alicyclic amines) is 1. The number of hydrogen-bond acceptors (Lipinski definition) is 2. The zero-order valence-corrected chi connectivity index (χ0v) is 16.6. The van der Waals surface area contributed by atoms with Crippen molar-refractivity contribution in [3.05, 3.63) is 33.8 Å². The van der Waals surface area contributed by atoms with Crippen LogP contribution in [-0.4, -0.2) is 42.9 Å². The number of benzene rings is 1. The molecule has 1 aromatic carbocycles. The zero-order valence-electron chi connectivity index (χ0n) is 12.7. The van der Waals surface area contributed by atoms with Crippen molar-refractivity contribution in [2.75, 3.05) is 26.2 Å². The van der Waals surface area contributed by atoms with E-state index in [0.717, 1.165) is 25.9 Å². The number of carbonyl (C=O) groups excluding carboxylic acids is 1. The van der Waals surface area contributed by atoms with Crippen LogP contribution in [0, 0.1) is 0 Å². The molecular formula is C15H21Cl2IN4O. The smallest absolute Gasteiger partial charge is 0.251 e. The van der Waals surface area contributed by atoms with E-state index in [9.17, 15) is 4.79 Å². The number of aliphatic imine (C=N–C) groups is 1. The largest absolute Gasteiger partial charge is 0.370 e. The third-order valence-electron chi connectivity index (χ3n) is 3.53. The molecule has 3 N–H and O–H groups in total. The summed E-state index contributed by atoms with van der Waals surface area (Å²) in [6.07, 6.45) is 3.57. The molecule has 128 valence electrons. The van der Waals surface area contributed by atoms with Crippen LogP contribution in [0.3, 0.4) is 0 Å². The van der Waals surface area contributed by atoms with Crippen LogP contribution >= 0.6 is 47.2 Å². The van der Waals surface area contributed by atoms with E-state index in [0.29, 0.717) is 34.7 Å². The van der Waals surface area contributed by atoms with Gasteiger partial charge in [-0.15, -0.1) is 24.0 Å². The molecule has 23 heavy (non-hydrogen) atoms. The molecular weight excluding hydrogens is 450 g/mol. The first kappa shape index (κ1) is 20.3. The standard InChI is InChI=1S/C15H20Cl2N4O.HI/c16-12-5-4-11(10-13(12)17)14(22)19-6-7-20-15(18)21-8-2-1-3-9-21;/h4-5,10H,1-3,6-9H2,(H2,18,20)(H,19,22);1H. The van der Waals surface area contributed by atoms with Gasteiger partial charge in [-0.1, -0.05) is 23.2 Å². The fourth-order valence-electron chi connectivity index (χ4n) is 2.30. The molecule has 0 radical (unpaired) electrons. The van der Waals surface area contributed by atoms with Gasteiger partial charge in [0, 0.05) is 25.2 Å². The van der Waals surface area contributed by atoms with Gasteiger partial charge >= 0.3 is 0 Å². The van der Waals surface area contributed by atoms with Crippen molar-refractivity contribution in [1.82, 2.24) is 10.2 Å². The Labute approximate surface area is 163 Å². The van der Waals surface area contributed by atoms with Gasteiger partial charge in [0.15, 0.2) is 5.96 Å². The summed E-state index contributed by atoms with van der Waals surface area (Å²) in [6.45, 7) is 2.80. The molecule has 1 aromatic rings. The maximum Gasteiger partial charge on any atom is 0.251 e. The molecule has 2 rings (SSSR count). The zero-order chi connectivity index (χ0) is 15.9. The maximum absolute atomic E-state index is 12.0. The van der Waals surface area contributed by atoms with Crippen LogP contribution in [0.1, 0.15) is 29.6 Å². The number of nitrogens with one attached hydrogen (secondary N) is 1. The molecule has 5 nitrogen and oxygen atoms in total. The molecule has 0 bridgehead atoms. The average molecular weight is 471 g/mol. The summed E-state index contributed by atoms with van der Waals surface area (Å²) < 4.78 is 0. The number of rotatable bonds is 4. The van der Waals surface area contributed by atoms with Crippen molar-refractivity contribution in [1.29, 1.82) is 0 Å². The predicted octanol–water partition coefficient (Wildman–Crippen LogP) is 3.14. The van der Waals surface area contributed by atoms with E-state index in [-0.39, 0.29) is 29.9 Å². The number of piperidine rings is 1. The van der Waals surface area contributed by atoms with Gasteiger partial charge in [-0.3, -0.25) is 9.79 Å². The Balaban J connectivity index is 0.00000264. The molecule has 1 aliphatic heterocycles. The van der Waals surface area contributed by atoms with Gasteiger partial charge in [0.05, 0.1) is 16.6 Å². The van der Waals surface area contributed by atoms with Gasteiger partial charge in [0.2, 0.25) is 0 Å². The fourth-order valence-corrected chi connectivity index (χ4v) is 2.60. The van der Waals surface area contributed by atoms with Crippen molar-refractivity contribution in [2.45, 2.75) is 19.3 Å². The monoisotopic (exact) mass is 470 g/mol. The van der Waals surface area contributed by atoms with Crippen molar-refractivity contribution in [3.8, 4) is 0 Å². The number of halogens is 3. The lowest BCUT2D eigenvalue weighted by atomic mass is 10.1. The number of nitrogens with zero attached hydrogens (tertiary/aromatic N) is 2. The molecule has 8 heteroatoms. The lowest BCUT2D eigenvalue weighted by Crippen LogP contribution is -2.41. The van der Waals surface area contributed by atoms with Crippen LogP contribution in [0.15, 0.2) is 23.2 Å². The predicted molar refractivity (Wildman–Crippen MR) is 106 cm³/mol. The number of carbonyl (C=O) groups is 1. The molecule has 0 aromatic heterocycles. The van der Waals surface area contributed by atoms with Crippen LogP contribution in [-0.2, 0) is 0 Å². The summed E-state index contributed by atoms with van der Waals surface area (Å²) in [6, 6.07) is 4.78. The summed E-state index contributed by atoms with van der Waals surface area (Å²) in [5.74, 6) is 0.355. The SMILES string of the molecule is I.NC(=NCCNC(=O)c1ccc(Cl)c(Cl)c1)N1CCCCC1. The van der Waals surface area contributed by atoms with Crippen molar-refractivity contribution in [3.63, 3.8) is 0 Å². The topological polar surface area (TPSA) is 70.7 Å². The Bertz CT molecular complexity index is 562. The molecule has 0 saturated carbocycles. The van der Waals surface area contributed by atoms with E-state index in [4.69, 9.17) is 28.9 Å². The van der Waals surface area contributed by atoms with Gasteiger partial charge in [0.25, 0.3) is 5.91 Å². The minimum Gasteiger partial charge on any atom is -0.370 e. The fraction of sp³-hybridized carbons (Fsp3) is 0.467. The molecule has 0 unspecified atom stereocenters. The highest BCUT2D eigenvalue weighted by molar-refractivity contribution is 14.0. The normalized spacial score (nSPS) is 15.0. The van der Waals surface area contributed by atoms with Crippen molar-refractivity contribution < 1.29 is 4.79 Å². The van der Waals surface area contributed by atoms with E-state index >= 15 is 0 Å². The Morgan fingerprint density at radius 1 is 1.22 bits per heavy atom. The van der Waals surface area contributed by atoms with Crippen LogP contribution in [0.2, 0.25) is 10.0 Å². The second-order valence-corrected chi connectivity index (χ2v) is 5.99. The second kappa shape index (κ2) is 10.2. The summed E-state index contributed by atoms with van der Waals surface area (Å²) in [4.78, 5) is 18.3. The first-order valence-corrected chi connectivity index (χ1v) is 8.11. The van der Waals surface area contributed by atoms with Crippen LogP contribution in [0.4, 0.5) is 0 Å². The summed E-state index contributed by atoms with van der Waals surface area (Å²) in [5.41, 5.74) is 6.42. The second-order valence-electron chi connectivity index (χ2n) is 5.17. The van der Waals surface area contributed by atoms with Gasteiger partial charge in [0.1, 0.15) is 0 Å². The van der Waals surface area contributed by atoms with Gasteiger partial charge < -0.3 is 16.0 Å². The van der Waals surface area contributed by atoms with Crippen LogP contribution in [0.25, 0.3) is 0 Å². The third-order valence-corrected chi connectivity index (χ3v) is 4.27. The summed E-state index contributed by atoms with van der Waals surface area (Å²) in [7, 11) is 0. The Morgan fingerprint density at radius 3 is 2.57 bits per heavy atom. The average Bonchev–Trinajstić information content (AvgIpc) is 2.54. The van der Waals surface area contributed by atoms with Crippen molar-refractivity contribution in [2.24, 2.45) is 10.7 Å². The Hall–Kier alpha value is -0.730. The lowest BCUT2D eigenvalue weighted by molar-refractivity contribution is 0.0955. The van der Waals surface area contributed by atoms with Gasteiger partial charge in [-0.05, 0) is 37.5 Å². The first-order valence-electron chi connectivity index (χ1n) is 7.36. The highest BCUT2D eigenvalue weighted by Crippen LogP contribution is 2.22. The van der Waals surface area contributed by atoms with E-state index in [1.807, 2.05) is 0 Å². The number of amides is 1. The highest BCUT2D eigenvalue weighted by atomic mass is 127. The first-order chi connectivity index (χ1) is 10.6. The van der Waals surface area contributed by atoms with E-state index < -0.39 is 0 Å². The van der Waals surface area contributed by atoms with E-state index in [1.54, 1.807) is 18.2 Å². The molecule has 1 aliphatic rings.